The van der Waals surface area contributed by atoms with Crippen molar-refractivity contribution in [2.24, 2.45) is 11.8 Å². The summed E-state index contributed by atoms with van der Waals surface area (Å²) in [6.45, 7) is 10.1. The average molecular weight is 616 g/mol. The molecule has 5 heterocycles. The van der Waals surface area contributed by atoms with Gasteiger partial charge in [-0.3, -0.25) is 9.88 Å². The first-order chi connectivity index (χ1) is 22.5. The van der Waals surface area contributed by atoms with Crippen LogP contribution in [0, 0.1) is 17.7 Å². The molecule has 2 unspecified atom stereocenters. The Labute approximate surface area is 268 Å². The molecule has 0 spiro atoms. The summed E-state index contributed by atoms with van der Waals surface area (Å²) in [7, 11) is 1.65. The van der Waals surface area contributed by atoms with Crippen molar-refractivity contribution in [3.05, 3.63) is 126 Å². The highest BCUT2D eigenvalue weighted by Crippen LogP contribution is 2.43. The summed E-state index contributed by atoms with van der Waals surface area (Å²) in [6, 6.07) is 22.3. The summed E-state index contributed by atoms with van der Waals surface area (Å²) in [6.07, 6.45) is 5.67. The van der Waals surface area contributed by atoms with Crippen LogP contribution in [0.15, 0.2) is 92.0 Å². The number of aliphatic hydroxyl groups excluding tert-OH is 1. The van der Waals surface area contributed by atoms with E-state index in [0.29, 0.717) is 35.4 Å². The Morgan fingerprint density at radius 3 is 2.61 bits per heavy atom. The topological polar surface area (TPSA) is 67.7 Å². The zero-order valence-electron chi connectivity index (χ0n) is 26.0. The Morgan fingerprint density at radius 1 is 1.02 bits per heavy atom. The molecule has 2 aromatic heterocycles. The number of fused-ring (bicyclic) bond motifs is 5. The number of methoxy groups -OCH3 is 1. The van der Waals surface area contributed by atoms with Crippen molar-refractivity contribution < 1.29 is 19.0 Å². The van der Waals surface area contributed by atoms with E-state index in [4.69, 9.17) is 19.4 Å². The Morgan fingerprint density at radius 2 is 1.85 bits per heavy atom. The second-order valence-electron chi connectivity index (χ2n) is 12.4. The van der Waals surface area contributed by atoms with Gasteiger partial charge in [-0.25, -0.2) is 9.37 Å². The molecule has 46 heavy (non-hydrogen) atoms. The minimum Gasteiger partial charge on any atom is -0.496 e. The lowest BCUT2D eigenvalue weighted by Crippen LogP contribution is -2.54. The van der Waals surface area contributed by atoms with Crippen LogP contribution in [0.4, 0.5) is 4.39 Å². The normalized spacial score (nSPS) is 21.3. The van der Waals surface area contributed by atoms with Crippen molar-refractivity contribution in [1.82, 2.24) is 14.9 Å². The number of nitrogens with zero attached hydrogens (tertiary/aromatic N) is 3. The first-order valence-corrected chi connectivity index (χ1v) is 15.9. The lowest BCUT2D eigenvalue weighted by Gasteiger charge is -2.50. The summed E-state index contributed by atoms with van der Waals surface area (Å²) < 4.78 is 26.0. The lowest BCUT2D eigenvalue weighted by molar-refractivity contribution is -0.0445. The molecule has 2 bridgehead atoms. The second-order valence-corrected chi connectivity index (χ2v) is 12.4. The highest BCUT2D eigenvalue weighted by molar-refractivity contribution is 5.94. The first-order valence-electron chi connectivity index (χ1n) is 15.9. The fourth-order valence-corrected chi connectivity index (χ4v) is 7.44. The molecule has 5 atom stereocenters. The molecule has 0 aliphatic carbocycles. The number of piperidine rings is 3. The summed E-state index contributed by atoms with van der Waals surface area (Å²) in [5.41, 5.74) is 5.48. The van der Waals surface area contributed by atoms with Crippen molar-refractivity contribution in [2.45, 2.75) is 38.0 Å². The largest absolute Gasteiger partial charge is 0.496 e. The number of para-hydroxylation sites is 1. The maximum atomic E-state index is 14.3. The van der Waals surface area contributed by atoms with Crippen LogP contribution in [-0.2, 0) is 13.0 Å². The van der Waals surface area contributed by atoms with Crippen LogP contribution in [0.25, 0.3) is 27.9 Å². The SMILES string of the molecule is C=Cc1c(OC)ccc2nc(Cc3cc(OCc4ccccc4F)nc4ccccc34)cc([C@@H](O)[C@@H]3CC4CCN3C[C@@H]4C=C)c12. The van der Waals surface area contributed by atoms with Crippen molar-refractivity contribution >= 4 is 27.9 Å². The van der Waals surface area contributed by atoms with E-state index in [1.54, 1.807) is 31.4 Å². The number of halogens is 1. The Hall–Kier alpha value is -4.59. The van der Waals surface area contributed by atoms with Crippen LogP contribution in [0.5, 0.6) is 11.6 Å². The zero-order valence-corrected chi connectivity index (χ0v) is 26.0. The third kappa shape index (κ3) is 5.54. The molecular weight excluding hydrogens is 577 g/mol. The Bertz CT molecular complexity index is 1940. The number of aromatic nitrogens is 2. The number of ether oxygens (including phenoxy) is 2. The van der Waals surface area contributed by atoms with E-state index >= 15 is 0 Å². The molecule has 3 aliphatic heterocycles. The van der Waals surface area contributed by atoms with Crippen molar-refractivity contribution in [3.63, 3.8) is 0 Å². The van der Waals surface area contributed by atoms with Gasteiger partial charge >= 0.3 is 0 Å². The van der Waals surface area contributed by atoms with Gasteiger partial charge in [-0.2, -0.15) is 0 Å². The third-order valence-electron chi connectivity index (χ3n) is 9.80. The van der Waals surface area contributed by atoms with Crippen molar-refractivity contribution in [1.29, 1.82) is 0 Å². The van der Waals surface area contributed by atoms with Crippen LogP contribution in [0.2, 0.25) is 0 Å². The number of benzene rings is 3. The highest BCUT2D eigenvalue weighted by atomic mass is 19.1. The Kier molecular flexibility index (Phi) is 8.28. The molecule has 6 nitrogen and oxygen atoms in total. The van der Waals surface area contributed by atoms with Crippen LogP contribution < -0.4 is 9.47 Å². The molecule has 3 aliphatic rings. The molecule has 5 aromatic rings. The molecule has 8 rings (SSSR count). The number of hydrogen-bond acceptors (Lipinski definition) is 6. The number of pyridine rings is 2. The van der Waals surface area contributed by atoms with Crippen molar-refractivity contribution in [2.75, 3.05) is 20.2 Å². The van der Waals surface area contributed by atoms with Crippen LogP contribution >= 0.6 is 0 Å². The maximum Gasteiger partial charge on any atom is 0.214 e. The minimum absolute atomic E-state index is 0.00240. The van der Waals surface area contributed by atoms with Gasteiger partial charge in [0.1, 0.15) is 18.2 Å². The van der Waals surface area contributed by atoms with Gasteiger partial charge in [-0.05, 0) is 72.7 Å². The molecule has 3 fully saturated rings. The zero-order chi connectivity index (χ0) is 31.8. The number of aliphatic hydroxyl groups is 1. The summed E-state index contributed by atoms with van der Waals surface area (Å²) >= 11 is 0. The van der Waals surface area contributed by atoms with Gasteiger partial charge in [-0.1, -0.05) is 55.1 Å². The molecule has 0 radical (unpaired) electrons. The van der Waals surface area contributed by atoms with Gasteiger partial charge in [0, 0.05) is 52.7 Å². The summed E-state index contributed by atoms with van der Waals surface area (Å²) in [4.78, 5) is 12.2. The maximum absolute atomic E-state index is 14.3. The fourth-order valence-electron chi connectivity index (χ4n) is 7.44. The van der Waals surface area contributed by atoms with Crippen LogP contribution in [0.1, 0.15) is 46.9 Å². The molecule has 0 saturated carbocycles. The lowest BCUT2D eigenvalue weighted by atomic mass is 9.73. The third-order valence-corrected chi connectivity index (χ3v) is 9.80. The second kappa shape index (κ2) is 12.7. The van der Waals surface area contributed by atoms with E-state index < -0.39 is 6.10 Å². The molecule has 7 heteroatoms. The summed E-state index contributed by atoms with van der Waals surface area (Å²) in [5, 5.41) is 14.0. The number of hydrogen-bond donors (Lipinski definition) is 1. The van der Waals surface area contributed by atoms with Gasteiger partial charge in [0.2, 0.25) is 5.88 Å². The van der Waals surface area contributed by atoms with E-state index in [2.05, 4.69) is 24.1 Å². The van der Waals surface area contributed by atoms with Gasteiger partial charge in [0.25, 0.3) is 0 Å². The monoisotopic (exact) mass is 615 g/mol. The Balaban J connectivity index is 1.30. The van der Waals surface area contributed by atoms with E-state index in [-0.39, 0.29) is 18.5 Å². The van der Waals surface area contributed by atoms with E-state index in [9.17, 15) is 9.50 Å². The van der Waals surface area contributed by atoms with Crippen molar-refractivity contribution in [3.8, 4) is 11.6 Å². The van der Waals surface area contributed by atoms with E-state index in [1.165, 1.54) is 6.07 Å². The molecule has 3 aromatic carbocycles. The van der Waals surface area contributed by atoms with E-state index in [1.807, 2.05) is 48.5 Å². The molecule has 0 amide bonds. The predicted octanol–water partition coefficient (Wildman–Crippen LogP) is 7.67. The smallest absolute Gasteiger partial charge is 0.214 e. The fraction of sp³-hybridized carbons (Fsp3) is 0.282. The molecule has 234 valence electrons. The standard InChI is InChI=1S/C39H38FN3O3/c1-4-24-22-43-17-16-25(24)19-35(43)39(44)31-21-28(41-34-14-15-36(45-3)29(5-2)38(31)34)18-27-20-37(42-33-13-9-7-11-30(27)33)46-23-26-10-6-8-12-32(26)40/h4-15,20-21,24-25,35,39,44H,1-2,16-19,22-23H2,3H3/t24-,25?,35-,39+/m0/s1. The summed E-state index contributed by atoms with van der Waals surface area (Å²) in [5.74, 6) is 1.78. The van der Waals surface area contributed by atoms with E-state index in [0.717, 1.165) is 70.1 Å². The average Bonchev–Trinajstić information content (AvgIpc) is 3.10. The molecule has 3 saturated heterocycles. The first kappa shape index (κ1) is 30.1. The highest BCUT2D eigenvalue weighted by Gasteiger charge is 2.42. The van der Waals surface area contributed by atoms with Crippen LogP contribution in [0.3, 0.4) is 0 Å². The van der Waals surface area contributed by atoms with Gasteiger partial charge in [0.05, 0.1) is 24.2 Å². The quantitative estimate of drug-likeness (QED) is 0.163. The van der Waals surface area contributed by atoms with Gasteiger partial charge < -0.3 is 14.6 Å². The predicted molar refractivity (Wildman–Crippen MR) is 180 cm³/mol. The number of rotatable bonds is 10. The van der Waals surface area contributed by atoms with Crippen LogP contribution in [-0.4, -0.2) is 46.2 Å². The van der Waals surface area contributed by atoms with Gasteiger partial charge in [-0.15, -0.1) is 6.58 Å². The van der Waals surface area contributed by atoms with Gasteiger partial charge in [0.15, 0.2) is 0 Å². The molecular formula is C39H38FN3O3. The minimum atomic E-state index is -0.725. The molecule has 1 N–H and O–H groups in total.